The average Bonchev–Trinajstić information content (AvgIpc) is 3.50. The van der Waals surface area contributed by atoms with Crippen LogP contribution >= 0.6 is 0 Å². The standard InChI is InChI=1S/C25H23FN8O/c1-15-4-5-18(23-29-12-16(8-10-27)34(15)23)20-14-31-25(33(3)24(20)32-28-2)30-13-19-17-9-11-35-22(17)7-6-21(19)26/h4-7,12,14,32H,2,8-9,11,13H2,1,3H3. The lowest BCUT2D eigenvalue weighted by atomic mass is 10.0. The number of rotatable bonds is 6. The Bertz CT molecular complexity index is 1580. The summed E-state index contributed by atoms with van der Waals surface area (Å²) in [5.41, 5.74) is 8.73. The number of hydrogen-bond donors (Lipinski definition) is 1. The summed E-state index contributed by atoms with van der Waals surface area (Å²) >= 11 is 0. The van der Waals surface area contributed by atoms with E-state index in [-0.39, 0.29) is 18.8 Å². The fourth-order valence-electron chi connectivity index (χ4n) is 4.48. The van der Waals surface area contributed by atoms with Gasteiger partial charge in [0.1, 0.15) is 23.0 Å². The lowest BCUT2D eigenvalue weighted by Gasteiger charge is -2.15. The first kappa shape index (κ1) is 22.3. The molecular weight excluding hydrogens is 447 g/mol. The number of imidazole rings is 1. The van der Waals surface area contributed by atoms with Crippen molar-refractivity contribution in [1.82, 2.24) is 18.9 Å². The van der Waals surface area contributed by atoms with Crippen molar-refractivity contribution in [2.45, 2.75) is 26.3 Å². The van der Waals surface area contributed by atoms with E-state index in [1.807, 2.05) is 23.5 Å². The second kappa shape index (κ2) is 9.02. The van der Waals surface area contributed by atoms with E-state index in [1.165, 1.54) is 6.07 Å². The number of nitrogens with one attached hydrogen (secondary N) is 1. The van der Waals surface area contributed by atoms with Crippen LogP contribution in [0.4, 0.5) is 10.2 Å². The number of aromatic nitrogens is 4. The minimum atomic E-state index is -0.307. The van der Waals surface area contributed by atoms with Gasteiger partial charge in [0, 0.05) is 54.3 Å². The second-order valence-corrected chi connectivity index (χ2v) is 8.20. The summed E-state index contributed by atoms with van der Waals surface area (Å²) in [7, 11) is 1.80. The van der Waals surface area contributed by atoms with Gasteiger partial charge in [0.15, 0.2) is 0 Å². The third-order valence-corrected chi connectivity index (χ3v) is 6.17. The van der Waals surface area contributed by atoms with Crippen molar-refractivity contribution in [3.05, 3.63) is 70.6 Å². The normalized spacial score (nSPS) is 12.9. The smallest absolute Gasteiger partial charge is 0.226 e. The topological polar surface area (TPSA) is 105 Å². The Balaban J connectivity index is 1.62. The zero-order chi connectivity index (χ0) is 24.5. The predicted octanol–water partition coefficient (Wildman–Crippen LogP) is 3.31. The van der Waals surface area contributed by atoms with Crippen LogP contribution in [0, 0.1) is 24.1 Å². The van der Waals surface area contributed by atoms with E-state index in [1.54, 1.807) is 30.1 Å². The molecule has 0 atom stereocenters. The minimum absolute atomic E-state index is 0.131. The molecule has 3 aromatic heterocycles. The van der Waals surface area contributed by atoms with Gasteiger partial charge in [0.2, 0.25) is 5.62 Å². The van der Waals surface area contributed by atoms with Crippen molar-refractivity contribution in [2.75, 3.05) is 12.0 Å². The average molecular weight is 471 g/mol. The fraction of sp³-hybridized carbons (Fsp3) is 0.240. The van der Waals surface area contributed by atoms with Gasteiger partial charge < -0.3 is 4.74 Å². The Hall–Kier alpha value is -4.52. The van der Waals surface area contributed by atoms with E-state index < -0.39 is 0 Å². The van der Waals surface area contributed by atoms with Crippen molar-refractivity contribution in [3.8, 4) is 22.9 Å². The molecule has 9 nitrogen and oxygen atoms in total. The second-order valence-electron chi connectivity index (χ2n) is 8.20. The highest BCUT2D eigenvalue weighted by Crippen LogP contribution is 2.32. The first-order valence-electron chi connectivity index (χ1n) is 11.1. The number of hydrazone groups is 1. The first-order valence-corrected chi connectivity index (χ1v) is 11.1. The maximum Gasteiger partial charge on any atom is 0.226 e. The molecule has 0 spiro atoms. The van der Waals surface area contributed by atoms with Crippen LogP contribution in [0.5, 0.6) is 5.75 Å². The van der Waals surface area contributed by atoms with Crippen LogP contribution in [0.15, 0.2) is 46.8 Å². The Kier molecular flexibility index (Phi) is 5.74. The molecule has 1 N–H and O–H groups in total. The van der Waals surface area contributed by atoms with Gasteiger partial charge in [-0.15, -0.1) is 0 Å². The van der Waals surface area contributed by atoms with E-state index >= 15 is 0 Å². The van der Waals surface area contributed by atoms with Gasteiger partial charge in [-0.3, -0.25) is 14.4 Å². The molecule has 1 aliphatic rings. The Morgan fingerprint density at radius 2 is 2.09 bits per heavy atom. The lowest BCUT2D eigenvalue weighted by molar-refractivity contribution is 0.356. The molecule has 0 saturated heterocycles. The van der Waals surface area contributed by atoms with Gasteiger partial charge in [0.25, 0.3) is 0 Å². The Morgan fingerprint density at radius 3 is 2.89 bits per heavy atom. The highest BCUT2D eigenvalue weighted by molar-refractivity contribution is 5.84. The molecule has 1 aliphatic heterocycles. The van der Waals surface area contributed by atoms with Crippen LogP contribution in [0.2, 0.25) is 0 Å². The van der Waals surface area contributed by atoms with Gasteiger partial charge in [-0.1, -0.05) is 0 Å². The van der Waals surface area contributed by atoms with E-state index in [4.69, 9.17) is 4.74 Å². The van der Waals surface area contributed by atoms with Crippen molar-refractivity contribution in [3.63, 3.8) is 0 Å². The third kappa shape index (κ3) is 3.81. The highest BCUT2D eigenvalue weighted by atomic mass is 19.1. The summed E-state index contributed by atoms with van der Waals surface area (Å²) in [4.78, 5) is 13.7. The Morgan fingerprint density at radius 1 is 1.23 bits per heavy atom. The van der Waals surface area contributed by atoms with Crippen LogP contribution in [0.25, 0.3) is 16.8 Å². The molecule has 4 heterocycles. The first-order chi connectivity index (χ1) is 17.0. The summed E-state index contributed by atoms with van der Waals surface area (Å²) in [5, 5.41) is 13.1. The van der Waals surface area contributed by atoms with Crippen LogP contribution < -0.4 is 15.8 Å². The number of nitrogens with zero attached hydrogens (tertiary/aromatic N) is 7. The molecule has 5 rings (SSSR count). The number of aryl methyl sites for hydroxylation is 1. The maximum atomic E-state index is 14.6. The van der Waals surface area contributed by atoms with Crippen molar-refractivity contribution < 1.29 is 9.13 Å². The van der Waals surface area contributed by atoms with Gasteiger partial charge in [-0.2, -0.15) is 10.4 Å². The zero-order valence-corrected chi connectivity index (χ0v) is 19.4. The number of hydrogen-bond acceptors (Lipinski definition) is 7. The monoisotopic (exact) mass is 470 g/mol. The third-order valence-electron chi connectivity index (χ3n) is 6.17. The van der Waals surface area contributed by atoms with Crippen molar-refractivity contribution in [1.29, 1.82) is 5.26 Å². The number of benzene rings is 1. The maximum absolute atomic E-state index is 14.6. The number of halogens is 1. The number of pyridine rings is 1. The van der Waals surface area contributed by atoms with E-state index in [0.717, 1.165) is 28.1 Å². The molecular formula is C25H23FN8O. The van der Waals surface area contributed by atoms with Gasteiger partial charge >= 0.3 is 0 Å². The highest BCUT2D eigenvalue weighted by Gasteiger charge is 2.20. The van der Waals surface area contributed by atoms with Gasteiger partial charge in [-0.05, 0) is 31.2 Å². The number of ether oxygens (including phenoxy) is 1. The molecule has 4 aromatic rings. The molecule has 0 bridgehead atoms. The summed E-state index contributed by atoms with van der Waals surface area (Å²) < 4.78 is 23.8. The summed E-state index contributed by atoms with van der Waals surface area (Å²) in [6, 6.07) is 9.18. The molecule has 0 saturated carbocycles. The number of nitriles is 1. The van der Waals surface area contributed by atoms with Crippen LogP contribution in [0.1, 0.15) is 22.5 Å². The lowest BCUT2D eigenvalue weighted by Crippen LogP contribution is -2.25. The van der Waals surface area contributed by atoms with Crippen molar-refractivity contribution >= 4 is 18.2 Å². The molecule has 0 aliphatic carbocycles. The zero-order valence-electron chi connectivity index (χ0n) is 19.4. The molecule has 0 radical (unpaired) electrons. The summed E-state index contributed by atoms with van der Waals surface area (Å²) in [5.74, 6) is 1.01. The largest absolute Gasteiger partial charge is 0.493 e. The van der Waals surface area contributed by atoms with Crippen LogP contribution in [0.3, 0.4) is 0 Å². The fourth-order valence-corrected chi connectivity index (χ4v) is 4.48. The van der Waals surface area contributed by atoms with Crippen molar-refractivity contribution in [2.24, 2.45) is 17.1 Å². The van der Waals surface area contributed by atoms with E-state index in [0.29, 0.717) is 41.4 Å². The minimum Gasteiger partial charge on any atom is -0.493 e. The molecule has 35 heavy (non-hydrogen) atoms. The SMILES string of the molecule is C=NNc1c(-c2ccc(C)n3c(CC#N)cnc23)cnc(=NCc2c(F)ccc3c2CCO3)n1C. The molecule has 1 aromatic carbocycles. The number of anilines is 1. The van der Waals surface area contributed by atoms with Gasteiger partial charge in [0.05, 0.1) is 37.5 Å². The van der Waals surface area contributed by atoms with Crippen LogP contribution in [-0.2, 0) is 26.4 Å². The van der Waals surface area contributed by atoms with Crippen LogP contribution in [-0.4, -0.2) is 32.3 Å². The predicted molar refractivity (Wildman–Crippen MR) is 129 cm³/mol. The van der Waals surface area contributed by atoms with Gasteiger partial charge in [-0.25, -0.2) is 19.4 Å². The Labute approximate surface area is 200 Å². The molecule has 176 valence electrons. The number of fused-ring (bicyclic) bond motifs is 2. The molecule has 10 heteroatoms. The quantitative estimate of drug-likeness (QED) is 0.344. The molecule has 0 unspecified atom stereocenters. The summed E-state index contributed by atoms with van der Waals surface area (Å²) in [6.07, 6.45) is 4.30. The van der Waals surface area contributed by atoms with E-state index in [2.05, 4.69) is 38.3 Å². The summed E-state index contributed by atoms with van der Waals surface area (Å²) in [6.45, 7) is 6.21. The molecule has 0 amide bonds. The molecule has 0 fully saturated rings. The van der Waals surface area contributed by atoms with E-state index in [9.17, 15) is 9.65 Å².